The van der Waals surface area contributed by atoms with Gasteiger partial charge in [0.25, 0.3) is 0 Å². The van der Waals surface area contributed by atoms with Gasteiger partial charge in [-0.3, -0.25) is 4.79 Å². The van der Waals surface area contributed by atoms with Gasteiger partial charge < -0.3 is 11.1 Å². The summed E-state index contributed by atoms with van der Waals surface area (Å²) in [4.78, 5) is 12.4. The number of nitrogens with two attached hydrogens (primary N) is 1. The van der Waals surface area contributed by atoms with Crippen molar-refractivity contribution in [1.29, 1.82) is 0 Å². The lowest BCUT2D eigenvalue weighted by atomic mass is 9.81. The van der Waals surface area contributed by atoms with Gasteiger partial charge in [-0.1, -0.05) is 37.6 Å². The molecule has 1 unspecified atom stereocenters. The minimum absolute atomic E-state index is 0.0551. The molecule has 0 bridgehead atoms. The Balaban J connectivity index is 2.66. The van der Waals surface area contributed by atoms with E-state index in [0.29, 0.717) is 6.54 Å². The molecule has 0 saturated carbocycles. The average molecular weight is 297 g/mol. The number of carbonyl (C=O) groups excluding carboxylic acids is 1. The van der Waals surface area contributed by atoms with Crippen molar-refractivity contribution in [2.75, 3.05) is 6.54 Å². The zero-order chi connectivity index (χ0) is 15.2. The molecular formula is C16H25ClN2O. The van der Waals surface area contributed by atoms with E-state index in [9.17, 15) is 4.79 Å². The van der Waals surface area contributed by atoms with Crippen LogP contribution in [-0.4, -0.2) is 18.5 Å². The third kappa shape index (κ3) is 4.22. The standard InChI is InChI=1S/C16H25ClN2O/c1-4-16(5-2,11-18)15(20)19-12(3)9-13-7-6-8-14(17)10-13/h6-8,10,12H,4-5,9,11,18H2,1-3H3,(H,19,20). The Bertz CT molecular complexity index is 436. The van der Waals surface area contributed by atoms with Crippen LogP contribution >= 0.6 is 11.6 Å². The van der Waals surface area contributed by atoms with Crippen molar-refractivity contribution in [1.82, 2.24) is 5.32 Å². The van der Waals surface area contributed by atoms with Gasteiger partial charge in [0.15, 0.2) is 0 Å². The molecule has 3 nitrogen and oxygen atoms in total. The topological polar surface area (TPSA) is 55.1 Å². The molecule has 0 heterocycles. The fourth-order valence-electron chi connectivity index (χ4n) is 2.40. The van der Waals surface area contributed by atoms with Gasteiger partial charge in [0, 0.05) is 17.6 Å². The van der Waals surface area contributed by atoms with Gasteiger partial charge in [-0.2, -0.15) is 0 Å². The SMILES string of the molecule is CCC(CC)(CN)C(=O)NC(C)Cc1cccc(Cl)c1. The average Bonchev–Trinajstić information content (AvgIpc) is 2.41. The zero-order valence-electron chi connectivity index (χ0n) is 12.6. The third-order valence-corrected chi connectivity index (χ3v) is 4.27. The summed E-state index contributed by atoms with van der Waals surface area (Å²) in [6.45, 7) is 6.41. The third-order valence-electron chi connectivity index (χ3n) is 4.03. The highest BCUT2D eigenvalue weighted by molar-refractivity contribution is 6.30. The summed E-state index contributed by atoms with van der Waals surface area (Å²) in [6, 6.07) is 7.78. The summed E-state index contributed by atoms with van der Waals surface area (Å²) in [6.07, 6.45) is 2.28. The second kappa shape index (κ2) is 7.65. The number of benzene rings is 1. The Morgan fingerprint density at radius 3 is 2.55 bits per heavy atom. The van der Waals surface area contributed by atoms with Gasteiger partial charge in [0.2, 0.25) is 5.91 Å². The van der Waals surface area contributed by atoms with Crippen LogP contribution in [0.4, 0.5) is 0 Å². The van der Waals surface area contributed by atoms with Crippen molar-refractivity contribution in [3.63, 3.8) is 0 Å². The molecular weight excluding hydrogens is 272 g/mol. The van der Waals surface area contributed by atoms with Crippen molar-refractivity contribution >= 4 is 17.5 Å². The van der Waals surface area contributed by atoms with Crippen LogP contribution in [0.25, 0.3) is 0 Å². The molecule has 0 fully saturated rings. The van der Waals surface area contributed by atoms with E-state index < -0.39 is 5.41 Å². The van der Waals surface area contributed by atoms with E-state index in [4.69, 9.17) is 17.3 Å². The lowest BCUT2D eigenvalue weighted by Crippen LogP contribution is -2.48. The first-order chi connectivity index (χ1) is 9.47. The van der Waals surface area contributed by atoms with E-state index in [2.05, 4.69) is 5.32 Å². The summed E-state index contributed by atoms with van der Waals surface area (Å²) >= 11 is 5.97. The Kier molecular flexibility index (Phi) is 6.50. The van der Waals surface area contributed by atoms with E-state index >= 15 is 0 Å². The normalized spacial score (nSPS) is 13.1. The highest BCUT2D eigenvalue weighted by atomic mass is 35.5. The van der Waals surface area contributed by atoms with Gasteiger partial charge >= 0.3 is 0 Å². The molecule has 0 aliphatic rings. The van der Waals surface area contributed by atoms with Crippen LogP contribution in [0.15, 0.2) is 24.3 Å². The van der Waals surface area contributed by atoms with E-state index in [1.54, 1.807) is 0 Å². The molecule has 1 atom stereocenters. The Hall–Kier alpha value is -1.06. The minimum Gasteiger partial charge on any atom is -0.353 e. The molecule has 0 saturated heterocycles. The highest BCUT2D eigenvalue weighted by Gasteiger charge is 2.33. The Morgan fingerprint density at radius 2 is 2.05 bits per heavy atom. The van der Waals surface area contributed by atoms with Gasteiger partial charge in [0.1, 0.15) is 0 Å². The summed E-state index contributed by atoms with van der Waals surface area (Å²) < 4.78 is 0. The summed E-state index contributed by atoms with van der Waals surface area (Å²) in [5, 5.41) is 3.80. The first-order valence-electron chi connectivity index (χ1n) is 7.23. The van der Waals surface area contributed by atoms with Gasteiger partial charge in [-0.25, -0.2) is 0 Å². The van der Waals surface area contributed by atoms with Crippen LogP contribution in [0.1, 0.15) is 39.2 Å². The van der Waals surface area contributed by atoms with Crippen LogP contribution < -0.4 is 11.1 Å². The number of hydrogen-bond acceptors (Lipinski definition) is 2. The molecule has 3 N–H and O–H groups in total. The lowest BCUT2D eigenvalue weighted by Gasteiger charge is -2.30. The van der Waals surface area contributed by atoms with Crippen LogP contribution in [0.2, 0.25) is 5.02 Å². The molecule has 0 aliphatic carbocycles. The molecule has 0 radical (unpaired) electrons. The van der Waals surface area contributed by atoms with Crippen LogP contribution in [0.5, 0.6) is 0 Å². The number of halogens is 1. The van der Waals surface area contributed by atoms with E-state index in [0.717, 1.165) is 29.8 Å². The second-order valence-corrected chi connectivity index (χ2v) is 5.84. The van der Waals surface area contributed by atoms with Gasteiger partial charge in [0.05, 0.1) is 5.41 Å². The Labute approximate surface area is 126 Å². The molecule has 1 aromatic rings. The maximum atomic E-state index is 12.4. The molecule has 1 amide bonds. The number of amides is 1. The molecule has 1 rings (SSSR count). The smallest absolute Gasteiger partial charge is 0.227 e. The van der Waals surface area contributed by atoms with E-state index in [-0.39, 0.29) is 11.9 Å². The van der Waals surface area contributed by atoms with Crippen molar-refractivity contribution in [3.05, 3.63) is 34.9 Å². The number of hydrogen-bond donors (Lipinski definition) is 2. The minimum atomic E-state index is -0.442. The van der Waals surface area contributed by atoms with Crippen LogP contribution in [-0.2, 0) is 11.2 Å². The first-order valence-corrected chi connectivity index (χ1v) is 7.60. The predicted octanol–water partition coefficient (Wildman–Crippen LogP) is 3.15. The highest BCUT2D eigenvalue weighted by Crippen LogP contribution is 2.25. The van der Waals surface area contributed by atoms with Crippen molar-refractivity contribution < 1.29 is 4.79 Å². The van der Waals surface area contributed by atoms with Crippen LogP contribution in [0, 0.1) is 5.41 Å². The van der Waals surface area contributed by atoms with Crippen molar-refractivity contribution in [3.8, 4) is 0 Å². The van der Waals surface area contributed by atoms with Crippen LogP contribution in [0.3, 0.4) is 0 Å². The fourth-order valence-corrected chi connectivity index (χ4v) is 2.61. The quantitative estimate of drug-likeness (QED) is 0.812. The summed E-state index contributed by atoms with van der Waals surface area (Å²) in [5.74, 6) is 0.0551. The molecule has 0 aromatic heterocycles. The van der Waals surface area contributed by atoms with Crippen molar-refractivity contribution in [2.45, 2.75) is 46.1 Å². The van der Waals surface area contributed by atoms with E-state index in [1.807, 2.05) is 45.0 Å². The molecule has 0 spiro atoms. The Morgan fingerprint density at radius 1 is 1.40 bits per heavy atom. The molecule has 20 heavy (non-hydrogen) atoms. The van der Waals surface area contributed by atoms with Gasteiger partial charge in [-0.15, -0.1) is 0 Å². The molecule has 1 aromatic carbocycles. The monoisotopic (exact) mass is 296 g/mol. The lowest BCUT2D eigenvalue weighted by molar-refractivity contribution is -0.131. The van der Waals surface area contributed by atoms with Crippen molar-refractivity contribution in [2.24, 2.45) is 11.1 Å². The largest absolute Gasteiger partial charge is 0.353 e. The number of carbonyl (C=O) groups is 1. The molecule has 4 heteroatoms. The fraction of sp³-hybridized carbons (Fsp3) is 0.562. The van der Waals surface area contributed by atoms with Gasteiger partial charge in [-0.05, 0) is 43.9 Å². The first kappa shape index (κ1) is 17.0. The summed E-state index contributed by atoms with van der Waals surface area (Å²) in [5.41, 5.74) is 6.48. The maximum Gasteiger partial charge on any atom is 0.227 e. The zero-order valence-corrected chi connectivity index (χ0v) is 13.3. The second-order valence-electron chi connectivity index (χ2n) is 5.40. The summed E-state index contributed by atoms with van der Waals surface area (Å²) in [7, 11) is 0. The number of nitrogens with one attached hydrogen (secondary N) is 1. The van der Waals surface area contributed by atoms with E-state index in [1.165, 1.54) is 0 Å². The number of rotatable bonds is 7. The molecule has 112 valence electrons. The maximum absolute atomic E-state index is 12.4. The predicted molar refractivity (Wildman–Crippen MR) is 84.8 cm³/mol. The molecule has 0 aliphatic heterocycles.